The van der Waals surface area contributed by atoms with E-state index in [2.05, 4.69) is 0 Å². The van der Waals surface area contributed by atoms with E-state index in [0.717, 1.165) is 0 Å². The number of hydrogen-bond acceptors (Lipinski definition) is 4. The molecule has 0 unspecified atom stereocenters. The molecule has 0 aromatic carbocycles. The first-order chi connectivity index (χ1) is 2.00. The Morgan fingerprint density at radius 1 is 1.00 bits per heavy atom. The van der Waals surface area contributed by atoms with E-state index in [-0.39, 0.29) is 1.43 Å². The summed E-state index contributed by atoms with van der Waals surface area (Å²) in [5.74, 6) is 0. The van der Waals surface area contributed by atoms with Gasteiger partial charge in [0.15, 0.2) is 0 Å². The van der Waals surface area contributed by atoms with Crippen LogP contribution in [0.2, 0.25) is 0 Å². The summed E-state index contributed by atoms with van der Waals surface area (Å²) in [6, 6.07) is 0. The van der Waals surface area contributed by atoms with E-state index in [4.69, 9.17) is 20.1 Å². The van der Waals surface area contributed by atoms with Gasteiger partial charge in [-0.15, -0.1) is 0 Å². The molecule has 0 rings (SSSR count). The highest BCUT2D eigenvalue weighted by Gasteiger charge is 2.06. The quantitative estimate of drug-likeness (QED) is 0.242. The predicted octanol–water partition coefficient (Wildman–Crippen LogP) is -2.50. The molecule has 4 N–H and O–H groups in total. The summed E-state index contributed by atoms with van der Waals surface area (Å²) in [6.45, 7) is -4.00. The van der Waals surface area contributed by atoms with Crippen LogP contribution >= 0.6 is 0 Å². The van der Waals surface area contributed by atoms with Crippen LogP contribution in [0.5, 0.6) is 0 Å². The van der Waals surface area contributed by atoms with Crippen molar-refractivity contribution < 1.29 is 21.5 Å². The minimum absolute atomic E-state index is 0. The van der Waals surface area contributed by atoms with E-state index in [1.807, 2.05) is 0 Å². The fourth-order valence-corrected chi connectivity index (χ4v) is 0. The molecule has 0 aromatic rings. The zero-order valence-electron chi connectivity index (χ0n) is 3.37. The van der Waals surface area contributed by atoms with Gasteiger partial charge in [-0.25, -0.2) is 0 Å². The molecule has 0 saturated carbocycles. The Morgan fingerprint density at radius 2 is 1.00 bits per heavy atom. The van der Waals surface area contributed by atoms with Crippen molar-refractivity contribution in [3.63, 3.8) is 0 Å². The lowest BCUT2D eigenvalue weighted by molar-refractivity contribution is 0.117. The molecule has 0 bridgehead atoms. The van der Waals surface area contributed by atoms with Crippen molar-refractivity contribution in [2.75, 3.05) is 0 Å². The summed E-state index contributed by atoms with van der Waals surface area (Å²) in [5.41, 5.74) is 0. The van der Waals surface area contributed by atoms with Gasteiger partial charge in [0.25, 0.3) is 0 Å². The molecule has 0 amide bonds. The largest absolute Gasteiger partial charge is 1.00 e. The molecule has 4 nitrogen and oxygen atoms in total. The van der Waals surface area contributed by atoms with Crippen molar-refractivity contribution >= 4 is 6.96 Å². The Kier molecular flexibility index (Phi) is 0.927. The Morgan fingerprint density at radius 3 is 1.00 bits per heavy atom. The van der Waals surface area contributed by atoms with Crippen LogP contribution in [0.3, 0.4) is 0 Å². The molecule has 0 atom stereocenters. The van der Waals surface area contributed by atoms with Gasteiger partial charge in [-0.2, -0.15) is 0 Å². The molecule has 0 saturated heterocycles. The molecule has 0 aliphatic rings. The molecule has 0 spiro atoms. The van der Waals surface area contributed by atoms with E-state index in [1.54, 1.807) is 0 Å². The van der Waals surface area contributed by atoms with Crippen LogP contribution in [0.15, 0.2) is 0 Å². The highest BCUT2D eigenvalue weighted by Crippen LogP contribution is 1.67. The normalized spacial score (nSPS) is 12.0. The van der Waals surface area contributed by atoms with Crippen molar-refractivity contribution in [1.82, 2.24) is 0 Å². The van der Waals surface area contributed by atoms with Crippen LogP contribution in [0.4, 0.5) is 0 Å². The summed E-state index contributed by atoms with van der Waals surface area (Å²) < 4.78 is 0. The second-order valence-electron chi connectivity index (χ2n) is 0.693. The Labute approximate surface area is 29.8 Å². The van der Waals surface area contributed by atoms with Crippen molar-refractivity contribution in [2.45, 2.75) is 0 Å². The van der Waals surface area contributed by atoms with Crippen LogP contribution < -0.4 is 0 Å². The van der Waals surface area contributed by atoms with Crippen LogP contribution in [-0.2, 0) is 0 Å². The first-order valence-corrected chi connectivity index (χ1v) is 1.03. The Hall–Kier alpha value is -0.0951. The first kappa shape index (κ1) is 4.90. The SMILES string of the molecule is O[B-](O)(O)O.[H+]. The topological polar surface area (TPSA) is 80.9 Å². The fraction of sp³-hybridized carbons (Fsp3) is 0. The van der Waals surface area contributed by atoms with E-state index in [9.17, 15) is 0 Å². The molecule has 0 heterocycles. The van der Waals surface area contributed by atoms with Crippen molar-refractivity contribution in [3.8, 4) is 0 Å². The lowest BCUT2D eigenvalue weighted by Crippen LogP contribution is -2.33. The van der Waals surface area contributed by atoms with E-state index in [0.29, 0.717) is 0 Å². The molecule has 32 valence electrons. The number of rotatable bonds is 0. The highest BCUT2D eigenvalue weighted by molar-refractivity contribution is 6.46. The van der Waals surface area contributed by atoms with Gasteiger partial charge in [-0.05, 0) is 0 Å². The standard InChI is InChI=1S/BH4O4/c2-1(3,4)5/h2-5H/q-1/p+1. The van der Waals surface area contributed by atoms with Gasteiger partial charge < -0.3 is 20.1 Å². The maximum atomic E-state index is 7.25. The van der Waals surface area contributed by atoms with Crippen molar-refractivity contribution in [3.05, 3.63) is 0 Å². The van der Waals surface area contributed by atoms with Gasteiger partial charge in [0.05, 0.1) is 0 Å². The third-order valence-corrected chi connectivity index (χ3v) is 0. The molecular weight excluding hydrogens is 74.8 g/mol. The highest BCUT2D eigenvalue weighted by atomic mass is 16.7. The summed E-state index contributed by atoms with van der Waals surface area (Å²) in [7, 11) is 0. The van der Waals surface area contributed by atoms with Crippen LogP contribution in [0.1, 0.15) is 1.43 Å². The second-order valence-corrected chi connectivity index (χ2v) is 0.693. The summed E-state index contributed by atoms with van der Waals surface area (Å²) in [6.07, 6.45) is 0. The molecule has 0 aromatic heterocycles. The first-order valence-electron chi connectivity index (χ1n) is 1.03. The van der Waals surface area contributed by atoms with Crippen molar-refractivity contribution in [1.29, 1.82) is 0 Å². The van der Waals surface area contributed by atoms with E-state index in [1.165, 1.54) is 0 Å². The maximum absolute atomic E-state index is 7.25. The zero-order valence-corrected chi connectivity index (χ0v) is 2.37. The van der Waals surface area contributed by atoms with Gasteiger partial charge in [-0.3, -0.25) is 0 Å². The average molecular weight is 79.8 g/mol. The van der Waals surface area contributed by atoms with E-state index < -0.39 is 6.96 Å². The van der Waals surface area contributed by atoms with Crippen LogP contribution in [0.25, 0.3) is 0 Å². The lowest BCUT2D eigenvalue weighted by atomic mass is 10.1. The lowest BCUT2D eigenvalue weighted by Gasteiger charge is -2.07. The van der Waals surface area contributed by atoms with Crippen LogP contribution in [0, 0.1) is 0 Å². The van der Waals surface area contributed by atoms with Crippen molar-refractivity contribution in [2.24, 2.45) is 0 Å². The van der Waals surface area contributed by atoms with Gasteiger partial charge >= 0.3 is 8.38 Å². The molecule has 5 heteroatoms. The minimum atomic E-state index is -4.00. The minimum Gasteiger partial charge on any atom is -0.534 e. The number of hydrogen-bond donors (Lipinski definition) is 4. The molecule has 0 aliphatic carbocycles. The molecular formula is H5BO4. The third kappa shape index (κ3) is 1570. The smallest absolute Gasteiger partial charge is 0.534 e. The predicted molar refractivity (Wildman–Crippen MR) is 15.7 cm³/mol. The molecule has 0 fully saturated rings. The van der Waals surface area contributed by atoms with Gasteiger partial charge in [0, 0.05) is 0 Å². The van der Waals surface area contributed by atoms with Gasteiger partial charge in [0.2, 0.25) is 0 Å². The van der Waals surface area contributed by atoms with Gasteiger partial charge in [0.1, 0.15) is 0 Å². The third-order valence-electron chi connectivity index (χ3n) is 0. The summed E-state index contributed by atoms with van der Waals surface area (Å²) in [4.78, 5) is 0. The van der Waals surface area contributed by atoms with E-state index >= 15 is 0 Å². The van der Waals surface area contributed by atoms with Crippen LogP contribution in [-0.4, -0.2) is 27.1 Å². The molecule has 5 heavy (non-hydrogen) atoms. The fourth-order valence-electron chi connectivity index (χ4n) is 0. The Balaban J connectivity index is 0. The molecule has 0 aliphatic heterocycles. The van der Waals surface area contributed by atoms with Gasteiger partial charge in [-0.1, -0.05) is 0 Å². The zero-order chi connectivity index (χ0) is 4.50. The monoisotopic (exact) mass is 80.0 g/mol. The summed E-state index contributed by atoms with van der Waals surface area (Å²) >= 11 is 0. The second kappa shape index (κ2) is 0.945. The maximum Gasteiger partial charge on any atom is 1.00 e. The summed E-state index contributed by atoms with van der Waals surface area (Å²) in [5, 5.41) is 29.0. The average Bonchev–Trinajstić information content (AvgIpc) is 0.722. The molecule has 0 radical (unpaired) electrons. The Bertz CT molecular complexity index is 23.0.